The third-order valence-corrected chi connectivity index (χ3v) is 5.73. The number of ether oxygens (including phenoxy) is 2. The molecule has 1 atom stereocenters. The van der Waals surface area contributed by atoms with Crippen LogP contribution in [0.3, 0.4) is 0 Å². The molecule has 8 heteroatoms. The van der Waals surface area contributed by atoms with Crippen molar-refractivity contribution in [3.63, 3.8) is 0 Å². The van der Waals surface area contributed by atoms with E-state index in [1.54, 1.807) is 48.2 Å². The third-order valence-electron chi connectivity index (χ3n) is 5.48. The van der Waals surface area contributed by atoms with Crippen molar-refractivity contribution in [2.75, 3.05) is 49.6 Å². The number of morpholine rings is 1. The van der Waals surface area contributed by atoms with E-state index in [9.17, 15) is 9.59 Å². The number of nitrogens with one attached hydrogen (secondary N) is 1. The Morgan fingerprint density at radius 3 is 2.66 bits per heavy atom. The molecule has 168 valence electrons. The van der Waals surface area contributed by atoms with Crippen molar-refractivity contribution >= 4 is 40.9 Å². The summed E-state index contributed by atoms with van der Waals surface area (Å²) in [6.45, 7) is 6.20. The molecule has 32 heavy (non-hydrogen) atoms. The molecule has 2 aromatic carbocycles. The molecule has 0 aromatic heterocycles. The Morgan fingerprint density at radius 2 is 1.91 bits per heavy atom. The lowest BCUT2D eigenvalue weighted by molar-refractivity contribution is -0.125. The molecule has 2 heterocycles. The van der Waals surface area contributed by atoms with Crippen molar-refractivity contribution in [3.05, 3.63) is 59.1 Å². The molecule has 0 spiro atoms. The lowest BCUT2D eigenvalue weighted by Crippen LogP contribution is -2.48. The van der Waals surface area contributed by atoms with Crippen LogP contribution in [0.25, 0.3) is 6.08 Å². The summed E-state index contributed by atoms with van der Waals surface area (Å²) in [7, 11) is 0. The largest absolute Gasteiger partial charge is 0.479 e. The predicted octanol–water partition coefficient (Wildman–Crippen LogP) is 3.44. The first kappa shape index (κ1) is 22.3. The second kappa shape index (κ2) is 10.2. The zero-order chi connectivity index (χ0) is 22.5. The Kier molecular flexibility index (Phi) is 7.09. The van der Waals surface area contributed by atoms with Crippen LogP contribution < -0.4 is 15.0 Å². The van der Waals surface area contributed by atoms with Gasteiger partial charge in [-0.15, -0.1) is 0 Å². The molecule has 0 radical (unpaired) electrons. The zero-order valence-corrected chi connectivity index (χ0v) is 18.7. The summed E-state index contributed by atoms with van der Waals surface area (Å²) < 4.78 is 11.2. The average Bonchev–Trinajstić information content (AvgIpc) is 2.80. The first-order valence-electron chi connectivity index (χ1n) is 10.7. The van der Waals surface area contributed by atoms with Gasteiger partial charge in [0.2, 0.25) is 5.91 Å². The molecule has 0 aliphatic carbocycles. The second-order valence-corrected chi connectivity index (χ2v) is 8.20. The van der Waals surface area contributed by atoms with Crippen LogP contribution in [0, 0.1) is 0 Å². The van der Waals surface area contributed by atoms with Gasteiger partial charge in [0.1, 0.15) is 5.75 Å². The Labute approximate surface area is 192 Å². The maximum atomic E-state index is 12.8. The van der Waals surface area contributed by atoms with Crippen LogP contribution in [0.5, 0.6) is 5.75 Å². The number of halogens is 1. The molecular formula is C24H26ClN3O4. The molecule has 2 aromatic rings. The molecule has 2 aliphatic heterocycles. The predicted molar refractivity (Wildman–Crippen MR) is 125 cm³/mol. The number of benzene rings is 2. The number of anilines is 2. The maximum absolute atomic E-state index is 12.8. The molecule has 2 aliphatic rings. The van der Waals surface area contributed by atoms with Crippen LogP contribution in [0.2, 0.25) is 5.02 Å². The summed E-state index contributed by atoms with van der Waals surface area (Å²) in [5.74, 6) is 0.279. The highest BCUT2D eigenvalue weighted by Gasteiger charge is 2.32. The van der Waals surface area contributed by atoms with E-state index in [4.69, 9.17) is 21.1 Å². The van der Waals surface area contributed by atoms with Crippen LogP contribution in [0.4, 0.5) is 11.4 Å². The Balaban J connectivity index is 1.46. The van der Waals surface area contributed by atoms with Gasteiger partial charge in [-0.3, -0.25) is 14.5 Å². The van der Waals surface area contributed by atoms with Gasteiger partial charge in [-0.2, -0.15) is 0 Å². The second-order valence-electron chi connectivity index (χ2n) is 7.76. The van der Waals surface area contributed by atoms with Gasteiger partial charge >= 0.3 is 0 Å². The molecule has 7 nitrogen and oxygen atoms in total. The third kappa shape index (κ3) is 5.48. The van der Waals surface area contributed by atoms with Crippen molar-refractivity contribution in [1.82, 2.24) is 4.90 Å². The fraction of sp³-hybridized carbons (Fsp3) is 0.333. The number of carbonyl (C=O) groups is 2. The van der Waals surface area contributed by atoms with Crippen LogP contribution in [-0.2, 0) is 14.3 Å². The summed E-state index contributed by atoms with van der Waals surface area (Å²) in [6, 6.07) is 12.6. The standard InChI is InChI=1S/C24H26ClN3O4/c1-17-24(30)28(11-10-27-12-14-31-15-13-27)21-16-20(7-8-22(21)32-17)26-23(29)9-4-18-2-5-19(25)6-3-18/h2-9,16-17H,10-15H2,1H3,(H,26,29)/b9-4+. The van der Waals surface area contributed by atoms with Crippen molar-refractivity contribution in [3.8, 4) is 5.75 Å². The fourth-order valence-electron chi connectivity index (χ4n) is 3.71. The van der Waals surface area contributed by atoms with Crippen LogP contribution >= 0.6 is 11.6 Å². The first-order chi connectivity index (χ1) is 15.5. The average molecular weight is 456 g/mol. The van der Waals surface area contributed by atoms with Gasteiger partial charge in [0, 0.05) is 43.0 Å². The van der Waals surface area contributed by atoms with E-state index in [2.05, 4.69) is 10.2 Å². The van der Waals surface area contributed by atoms with E-state index in [0.717, 1.165) is 25.2 Å². The minimum Gasteiger partial charge on any atom is -0.479 e. The SMILES string of the molecule is CC1Oc2ccc(NC(=O)/C=C/c3ccc(Cl)cc3)cc2N(CCN2CCOCC2)C1=O. The highest BCUT2D eigenvalue weighted by atomic mass is 35.5. The maximum Gasteiger partial charge on any atom is 0.267 e. The van der Waals surface area contributed by atoms with E-state index >= 15 is 0 Å². The van der Waals surface area contributed by atoms with E-state index in [-0.39, 0.29) is 11.8 Å². The van der Waals surface area contributed by atoms with E-state index in [0.29, 0.717) is 41.9 Å². The number of hydrogen-bond acceptors (Lipinski definition) is 5. The van der Waals surface area contributed by atoms with E-state index in [1.807, 2.05) is 12.1 Å². The van der Waals surface area contributed by atoms with Crippen LogP contribution in [-0.4, -0.2) is 62.2 Å². The molecular weight excluding hydrogens is 430 g/mol. The zero-order valence-electron chi connectivity index (χ0n) is 17.9. The van der Waals surface area contributed by atoms with Gasteiger partial charge in [0.15, 0.2) is 6.10 Å². The summed E-state index contributed by atoms with van der Waals surface area (Å²) in [6.07, 6.45) is 2.63. The lowest BCUT2D eigenvalue weighted by Gasteiger charge is -2.35. The number of nitrogens with zero attached hydrogens (tertiary/aromatic N) is 2. The monoisotopic (exact) mass is 455 g/mol. The highest BCUT2D eigenvalue weighted by Crippen LogP contribution is 2.36. The van der Waals surface area contributed by atoms with Gasteiger partial charge in [0.25, 0.3) is 5.91 Å². The number of hydrogen-bond donors (Lipinski definition) is 1. The number of carbonyl (C=O) groups excluding carboxylic acids is 2. The number of amides is 2. The van der Waals surface area contributed by atoms with Crippen molar-refractivity contribution in [2.24, 2.45) is 0 Å². The van der Waals surface area contributed by atoms with Crippen molar-refractivity contribution in [2.45, 2.75) is 13.0 Å². The quantitative estimate of drug-likeness (QED) is 0.676. The summed E-state index contributed by atoms with van der Waals surface area (Å²) in [5, 5.41) is 3.50. The molecule has 0 saturated carbocycles. The molecule has 1 saturated heterocycles. The summed E-state index contributed by atoms with van der Waals surface area (Å²) in [5.41, 5.74) is 2.13. The first-order valence-corrected chi connectivity index (χ1v) is 11.0. The molecule has 0 bridgehead atoms. The fourth-order valence-corrected chi connectivity index (χ4v) is 3.84. The lowest BCUT2D eigenvalue weighted by atomic mass is 10.1. The summed E-state index contributed by atoms with van der Waals surface area (Å²) in [4.78, 5) is 29.3. The number of fused-ring (bicyclic) bond motifs is 1. The van der Waals surface area contributed by atoms with Gasteiger partial charge < -0.3 is 19.7 Å². The minimum atomic E-state index is -0.546. The molecule has 4 rings (SSSR count). The molecule has 1 N–H and O–H groups in total. The van der Waals surface area contributed by atoms with Crippen LogP contribution in [0.1, 0.15) is 12.5 Å². The molecule has 2 amide bonds. The van der Waals surface area contributed by atoms with Gasteiger partial charge in [-0.25, -0.2) is 0 Å². The topological polar surface area (TPSA) is 71.1 Å². The molecule has 1 fully saturated rings. The Morgan fingerprint density at radius 1 is 1.16 bits per heavy atom. The van der Waals surface area contributed by atoms with Gasteiger partial charge in [0.05, 0.1) is 18.9 Å². The Bertz CT molecular complexity index is 1000. The van der Waals surface area contributed by atoms with Gasteiger partial charge in [-0.05, 0) is 48.9 Å². The number of rotatable bonds is 6. The summed E-state index contributed by atoms with van der Waals surface area (Å²) >= 11 is 5.89. The Hall–Kier alpha value is -2.87. The normalized spacial score (nSPS) is 19.0. The van der Waals surface area contributed by atoms with Crippen molar-refractivity contribution in [1.29, 1.82) is 0 Å². The van der Waals surface area contributed by atoms with E-state index in [1.165, 1.54) is 6.08 Å². The smallest absolute Gasteiger partial charge is 0.267 e. The van der Waals surface area contributed by atoms with Crippen molar-refractivity contribution < 1.29 is 19.1 Å². The van der Waals surface area contributed by atoms with Crippen LogP contribution in [0.15, 0.2) is 48.5 Å². The highest BCUT2D eigenvalue weighted by molar-refractivity contribution is 6.30. The minimum absolute atomic E-state index is 0.0862. The molecule has 1 unspecified atom stereocenters. The van der Waals surface area contributed by atoms with Gasteiger partial charge in [-0.1, -0.05) is 23.7 Å². The van der Waals surface area contributed by atoms with E-state index < -0.39 is 6.10 Å².